The Morgan fingerprint density at radius 2 is 1.90 bits per heavy atom. The fourth-order valence-corrected chi connectivity index (χ4v) is 6.26. The number of methoxy groups -OCH3 is 1. The quantitative estimate of drug-likeness (QED) is 0.732. The van der Waals surface area contributed by atoms with E-state index in [4.69, 9.17) is 4.74 Å². The Morgan fingerprint density at radius 1 is 1.13 bits per heavy atom. The fourth-order valence-electron chi connectivity index (χ4n) is 4.82. The summed E-state index contributed by atoms with van der Waals surface area (Å²) in [6.07, 6.45) is 4.55. The Bertz CT molecular complexity index is 1020. The third kappa shape index (κ3) is 4.03. The van der Waals surface area contributed by atoms with Crippen LogP contribution in [0.4, 0.5) is 5.69 Å². The van der Waals surface area contributed by atoms with E-state index in [0.717, 1.165) is 22.7 Å². The van der Waals surface area contributed by atoms with Crippen LogP contribution in [0.1, 0.15) is 31.2 Å². The molecule has 0 radical (unpaired) electrons. The topological polar surface area (TPSA) is 75.7 Å². The highest BCUT2D eigenvalue weighted by molar-refractivity contribution is 7.92. The average molecular weight is 429 g/mol. The molecule has 0 aliphatic heterocycles. The van der Waals surface area contributed by atoms with Crippen LogP contribution in [0.15, 0.2) is 53.4 Å². The van der Waals surface area contributed by atoms with Gasteiger partial charge in [0.2, 0.25) is 5.91 Å². The molecule has 2 aliphatic rings. The number of hydrogen-bond donors (Lipinski definition) is 1. The molecule has 1 N–H and O–H groups in total. The van der Waals surface area contributed by atoms with Crippen molar-refractivity contribution >= 4 is 21.6 Å². The second-order valence-electron chi connectivity index (χ2n) is 8.35. The summed E-state index contributed by atoms with van der Waals surface area (Å²) in [5.74, 6) is 1.34. The van der Waals surface area contributed by atoms with Crippen molar-refractivity contribution in [2.45, 2.75) is 43.5 Å². The molecule has 2 fully saturated rings. The summed E-state index contributed by atoms with van der Waals surface area (Å²) >= 11 is 0. The zero-order valence-electron chi connectivity index (χ0n) is 17.4. The number of amides is 1. The van der Waals surface area contributed by atoms with Crippen LogP contribution in [0.25, 0.3) is 0 Å². The van der Waals surface area contributed by atoms with Crippen LogP contribution in [-0.2, 0) is 14.8 Å². The van der Waals surface area contributed by atoms with Gasteiger partial charge in [0.05, 0.1) is 17.7 Å². The summed E-state index contributed by atoms with van der Waals surface area (Å²) in [4.78, 5) is 13.1. The molecule has 0 unspecified atom stereocenters. The second kappa shape index (κ2) is 8.30. The van der Waals surface area contributed by atoms with E-state index < -0.39 is 10.0 Å². The lowest BCUT2D eigenvalue weighted by molar-refractivity contribution is -0.120. The molecule has 30 heavy (non-hydrogen) atoms. The lowest BCUT2D eigenvalue weighted by Crippen LogP contribution is -2.46. The van der Waals surface area contributed by atoms with E-state index in [2.05, 4.69) is 5.32 Å². The van der Waals surface area contributed by atoms with Gasteiger partial charge in [0.1, 0.15) is 12.3 Å². The minimum atomic E-state index is -3.95. The minimum absolute atomic E-state index is 0.140. The summed E-state index contributed by atoms with van der Waals surface area (Å²) in [5, 5.41) is 3.10. The molecule has 160 valence electrons. The normalized spacial score (nSPS) is 22.7. The lowest BCUT2D eigenvalue weighted by Gasteiger charge is -2.28. The Morgan fingerprint density at radius 3 is 2.53 bits per heavy atom. The molecule has 4 rings (SSSR count). The molecule has 0 spiro atoms. The summed E-state index contributed by atoms with van der Waals surface area (Å²) in [5.41, 5.74) is 1.25. The fraction of sp³-hybridized carbons (Fsp3) is 0.435. The molecule has 0 heterocycles. The number of carbonyl (C=O) groups excluding carboxylic acids is 1. The molecule has 2 aromatic carbocycles. The van der Waals surface area contributed by atoms with Crippen molar-refractivity contribution in [2.24, 2.45) is 11.8 Å². The molecule has 3 atom stereocenters. The number of rotatable bonds is 7. The first-order valence-electron chi connectivity index (χ1n) is 10.4. The Balaban J connectivity index is 1.65. The molecule has 0 aromatic heterocycles. The number of ether oxygens (including phenoxy) is 1. The van der Waals surface area contributed by atoms with E-state index in [1.165, 1.54) is 20.0 Å². The molecule has 6 nitrogen and oxygen atoms in total. The number of anilines is 1. The highest BCUT2D eigenvalue weighted by Crippen LogP contribution is 2.44. The van der Waals surface area contributed by atoms with Gasteiger partial charge >= 0.3 is 0 Å². The van der Waals surface area contributed by atoms with Gasteiger partial charge in [-0.15, -0.1) is 0 Å². The van der Waals surface area contributed by atoms with Crippen LogP contribution < -0.4 is 14.4 Å². The van der Waals surface area contributed by atoms with Crippen LogP contribution in [-0.4, -0.2) is 34.0 Å². The van der Waals surface area contributed by atoms with Crippen molar-refractivity contribution in [1.29, 1.82) is 0 Å². The number of aryl methyl sites for hydroxylation is 1. The van der Waals surface area contributed by atoms with Crippen LogP contribution in [0, 0.1) is 18.8 Å². The minimum Gasteiger partial charge on any atom is -0.495 e. The Labute approximate surface area is 178 Å². The van der Waals surface area contributed by atoms with Crippen LogP contribution in [0.2, 0.25) is 0 Å². The van der Waals surface area contributed by atoms with Crippen molar-refractivity contribution in [3.05, 3.63) is 54.1 Å². The summed E-state index contributed by atoms with van der Waals surface area (Å²) in [7, 11) is -2.45. The largest absolute Gasteiger partial charge is 0.495 e. The average Bonchev–Trinajstić information content (AvgIpc) is 3.36. The third-order valence-electron chi connectivity index (χ3n) is 6.31. The second-order valence-corrected chi connectivity index (χ2v) is 10.2. The van der Waals surface area contributed by atoms with Crippen molar-refractivity contribution in [2.75, 3.05) is 18.0 Å². The summed E-state index contributed by atoms with van der Waals surface area (Å²) < 4.78 is 33.6. The van der Waals surface area contributed by atoms with E-state index >= 15 is 0 Å². The molecule has 2 aromatic rings. The SMILES string of the molecule is COc1ccc(C)cc1N(CC(=O)N[C@@H]1C[C@@H]2CC[C@H]1C2)S(=O)(=O)c1ccccc1. The van der Waals surface area contributed by atoms with Gasteiger partial charge in [0.25, 0.3) is 10.0 Å². The Hall–Kier alpha value is -2.54. The summed E-state index contributed by atoms with van der Waals surface area (Å²) in [6.45, 7) is 1.59. The smallest absolute Gasteiger partial charge is 0.264 e. The number of sulfonamides is 1. The van der Waals surface area contributed by atoms with E-state index in [0.29, 0.717) is 23.3 Å². The first-order valence-corrected chi connectivity index (χ1v) is 11.8. The van der Waals surface area contributed by atoms with Gasteiger partial charge in [0.15, 0.2) is 0 Å². The van der Waals surface area contributed by atoms with Gasteiger partial charge in [-0.1, -0.05) is 30.7 Å². The van der Waals surface area contributed by atoms with E-state index in [-0.39, 0.29) is 23.4 Å². The van der Waals surface area contributed by atoms with Gasteiger partial charge < -0.3 is 10.1 Å². The highest BCUT2D eigenvalue weighted by atomic mass is 32.2. The number of carbonyl (C=O) groups is 1. The van der Waals surface area contributed by atoms with Gasteiger partial charge in [0, 0.05) is 6.04 Å². The molecular formula is C23H28N2O4S. The monoisotopic (exact) mass is 428 g/mol. The number of nitrogens with zero attached hydrogens (tertiary/aromatic N) is 1. The molecule has 2 saturated carbocycles. The van der Waals surface area contributed by atoms with E-state index in [9.17, 15) is 13.2 Å². The van der Waals surface area contributed by atoms with Crippen molar-refractivity contribution < 1.29 is 17.9 Å². The predicted molar refractivity (Wildman–Crippen MR) is 116 cm³/mol. The number of hydrogen-bond acceptors (Lipinski definition) is 4. The first-order chi connectivity index (χ1) is 14.4. The molecule has 0 saturated heterocycles. The molecule has 2 aliphatic carbocycles. The standard InChI is InChI=1S/C23H28N2O4S/c1-16-8-11-22(29-2)21(12-16)25(30(27,28)19-6-4-3-5-7-19)15-23(26)24-20-14-17-9-10-18(20)13-17/h3-8,11-12,17-18,20H,9-10,13-15H2,1-2H3,(H,24,26)/t17-,18+,20-/m1/s1. The maximum Gasteiger partial charge on any atom is 0.264 e. The van der Waals surface area contributed by atoms with Crippen molar-refractivity contribution in [1.82, 2.24) is 5.32 Å². The summed E-state index contributed by atoms with van der Waals surface area (Å²) in [6, 6.07) is 13.7. The van der Waals surface area contributed by atoms with Gasteiger partial charge in [-0.2, -0.15) is 0 Å². The zero-order chi connectivity index (χ0) is 21.3. The lowest BCUT2D eigenvalue weighted by atomic mass is 9.95. The maximum atomic E-state index is 13.5. The van der Waals surface area contributed by atoms with E-state index in [1.807, 2.05) is 13.0 Å². The molecule has 1 amide bonds. The first kappa shape index (κ1) is 20.7. The molecular weight excluding hydrogens is 400 g/mol. The predicted octanol–water partition coefficient (Wildman–Crippen LogP) is 3.50. The Kier molecular flexibility index (Phi) is 5.73. The van der Waals surface area contributed by atoms with Crippen molar-refractivity contribution in [3.8, 4) is 5.75 Å². The maximum absolute atomic E-state index is 13.5. The van der Waals surface area contributed by atoms with Crippen LogP contribution in [0.3, 0.4) is 0 Å². The van der Waals surface area contributed by atoms with Gasteiger partial charge in [-0.25, -0.2) is 8.42 Å². The zero-order valence-corrected chi connectivity index (χ0v) is 18.2. The van der Waals surface area contributed by atoms with E-state index in [1.54, 1.807) is 42.5 Å². The highest BCUT2D eigenvalue weighted by Gasteiger charge is 2.40. The number of nitrogens with one attached hydrogen (secondary N) is 1. The third-order valence-corrected chi connectivity index (χ3v) is 8.08. The van der Waals surface area contributed by atoms with Crippen molar-refractivity contribution in [3.63, 3.8) is 0 Å². The number of fused-ring (bicyclic) bond motifs is 2. The molecule has 2 bridgehead atoms. The van der Waals surface area contributed by atoms with Gasteiger partial charge in [-0.05, 0) is 67.9 Å². The van der Waals surface area contributed by atoms with Gasteiger partial charge in [-0.3, -0.25) is 9.10 Å². The van der Waals surface area contributed by atoms with Crippen LogP contribution in [0.5, 0.6) is 5.75 Å². The van der Waals surface area contributed by atoms with Crippen LogP contribution >= 0.6 is 0 Å². The number of benzene rings is 2. The molecule has 7 heteroatoms.